The molecular formula is C15H21NO3. The normalized spacial score (nSPS) is 10.0. The van der Waals surface area contributed by atoms with Gasteiger partial charge >= 0.3 is 0 Å². The standard InChI is InChI=1S/C15H21NO3/c1-3-4-9-16-15(18)11-19-14-7-5-13(6-8-14)10-12(2)17/h5-8H,3-4,9-11H2,1-2H3,(H,16,18). The van der Waals surface area contributed by atoms with Crippen molar-refractivity contribution in [3.8, 4) is 5.75 Å². The first-order chi connectivity index (χ1) is 9.11. The van der Waals surface area contributed by atoms with Crippen molar-refractivity contribution < 1.29 is 14.3 Å². The van der Waals surface area contributed by atoms with E-state index in [0.29, 0.717) is 18.7 Å². The van der Waals surface area contributed by atoms with Gasteiger partial charge in [0.05, 0.1) is 0 Å². The Hall–Kier alpha value is -1.84. The molecule has 0 heterocycles. The second-order valence-electron chi connectivity index (χ2n) is 4.51. The van der Waals surface area contributed by atoms with Crippen LogP contribution in [-0.4, -0.2) is 24.8 Å². The van der Waals surface area contributed by atoms with Crippen LogP contribution in [0, 0.1) is 0 Å². The maximum atomic E-state index is 11.4. The minimum atomic E-state index is -0.110. The first kappa shape index (κ1) is 15.2. The van der Waals surface area contributed by atoms with Gasteiger partial charge in [0.15, 0.2) is 6.61 Å². The predicted octanol–water partition coefficient (Wildman–Crippen LogP) is 2.11. The molecule has 0 radical (unpaired) electrons. The van der Waals surface area contributed by atoms with E-state index in [4.69, 9.17) is 4.74 Å². The van der Waals surface area contributed by atoms with Crippen LogP contribution in [0.5, 0.6) is 5.75 Å². The molecule has 1 aromatic carbocycles. The maximum absolute atomic E-state index is 11.4. The fourth-order valence-electron chi connectivity index (χ4n) is 1.60. The summed E-state index contributed by atoms with van der Waals surface area (Å²) in [5.41, 5.74) is 0.951. The first-order valence-electron chi connectivity index (χ1n) is 6.59. The maximum Gasteiger partial charge on any atom is 0.257 e. The monoisotopic (exact) mass is 263 g/mol. The average molecular weight is 263 g/mol. The van der Waals surface area contributed by atoms with E-state index >= 15 is 0 Å². The smallest absolute Gasteiger partial charge is 0.257 e. The Morgan fingerprint density at radius 3 is 2.47 bits per heavy atom. The first-order valence-corrected chi connectivity index (χ1v) is 6.59. The van der Waals surface area contributed by atoms with Crippen molar-refractivity contribution >= 4 is 11.7 Å². The fourth-order valence-corrected chi connectivity index (χ4v) is 1.60. The van der Waals surface area contributed by atoms with Crippen LogP contribution in [0.2, 0.25) is 0 Å². The van der Waals surface area contributed by atoms with Gasteiger partial charge < -0.3 is 10.1 Å². The summed E-state index contributed by atoms with van der Waals surface area (Å²) in [6.07, 6.45) is 2.46. The van der Waals surface area contributed by atoms with E-state index in [2.05, 4.69) is 12.2 Å². The zero-order valence-corrected chi connectivity index (χ0v) is 11.6. The molecule has 0 fully saturated rings. The molecule has 1 rings (SSSR count). The quantitative estimate of drug-likeness (QED) is 0.731. The lowest BCUT2D eigenvalue weighted by molar-refractivity contribution is -0.123. The Morgan fingerprint density at radius 1 is 1.21 bits per heavy atom. The van der Waals surface area contributed by atoms with E-state index in [9.17, 15) is 9.59 Å². The molecule has 0 saturated heterocycles. The SMILES string of the molecule is CCCCNC(=O)COc1ccc(CC(C)=O)cc1. The lowest BCUT2D eigenvalue weighted by Gasteiger charge is -2.07. The van der Waals surface area contributed by atoms with Crippen LogP contribution in [0.4, 0.5) is 0 Å². The zero-order valence-electron chi connectivity index (χ0n) is 11.6. The lowest BCUT2D eigenvalue weighted by Crippen LogP contribution is -2.29. The number of benzene rings is 1. The second-order valence-corrected chi connectivity index (χ2v) is 4.51. The number of hydrogen-bond acceptors (Lipinski definition) is 3. The van der Waals surface area contributed by atoms with E-state index in [1.54, 1.807) is 19.1 Å². The summed E-state index contributed by atoms with van der Waals surface area (Å²) in [7, 11) is 0. The van der Waals surface area contributed by atoms with Crippen LogP contribution in [0.15, 0.2) is 24.3 Å². The summed E-state index contributed by atoms with van der Waals surface area (Å²) in [6, 6.07) is 7.23. The molecule has 0 bridgehead atoms. The molecule has 0 saturated carbocycles. The van der Waals surface area contributed by atoms with Gasteiger partial charge in [-0.25, -0.2) is 0 Å². The average Bonchev–Trinajstić information content (AvgIpc) is 2.37. The van der Waals surface area contributed by atoms with E-state index < -0.39 is 0 Å². The van der Waals surface area contributed by atoms with Gasteiger partial charge in [0.1, 0.15) is 11.5 Å². The van der Waals surface area contributed by atoms with Gasteiger partial charge in [0.25, 0.3) is 5.91 Å². The summed E-state index contributed by atoms with van der Waals surface area (Å²) in [4.78, 5) is 22.4. The highest BCUT2D eigenvalue weighted by Gasteiger charge is 2.02. The third kappa shape index (κ3) is 6.60. The molecule has 4 heteroatoms. The van der Waals surface area contributed by atoms with Gasteiger partial charge in [-0.3, -0.25) is 9.59 Å². The largest absolute Gasteiger partial charge is 0.484 e. The van der Waals surface area contributed by atoms with Crippen molar-refractivity contribution in [3.63, 3.8) is 0 Å². The minimum Gasteiger partial charge on any atom is -0.484 e. The number of carbonyl (C=O) groups is 2. The second kappa shape index (κ2) is 8.29. The molecule has 0 unspecified atom stereocenters. The van der Waals surface area contributed by atoms with Crippen LogP contribution in [0.1, 0.15) is 32.3 Å². The van der Waals surface area contributed by atoms with Crippen LogP contribution >= 0.6 is 0 Å². The van der Waals surface area contributed by atoms with Gasteiger partial charge in [-0.05, 0) is 31.0 Å². The van der Waals surface area contributed by atoms with E-state index in [1.807, 2.05) is 12.1 Å². The number of hydrogen-bond donors (Lipinski definition) is 1. The summed E-state index contributed by atoms with van der Waals surface area (Å²) >= 11 is 0. The van der Waals surface area contributed by atoms with Crippen LogP contribution in [0.25, 0.3) is 0 Å². The van der Waals surface area contributed by atoms with Gasteiger partial charge in [-0.15, -0.1) is 0 Å². The van der Waals surface area contributed by atoms with Crippen molar-refractivity contribution in [1.82, 2.24) is 5.32 Å². The van der Waals surface area contributed by atoms with E-state index in [1.165, 1.54) is 0 Å². The summed E-state index contributed by atoms with van der Waals surface area (Å²) < 4.78 is 5.36. The van der Waals surface area contributed by atoms with Crippen molar-refractivity contribution in [2.75, 3.05) is 13.2 Å². The Balaban J connectivity index is 2.33. The number of nitrogens with one attached hydrogen (secondary N) is 1. The highest BCUT2D eigenvalue weighted by Crippen LogP contribution is 2.12. The number of Topliss-reactive ketones (excluding diaryl/α,β-unsaturated/α-hetero) is 1. The van der Waals surface area contributed by atoms with Gasteiger partial charge in [-0.2, -0.15) is 0 Å². The molecular weight excluding hydrogens is 242 g/mol. The highest BCUT2D eigenvalue weighted by molar-refractivity contribution is 5.78. The summed E-state index contributed by atoms with van der Waals surface area (Å²) in [6.45, 7) is 4.35. The van der Waals surface area contributed by atoms with Crippen LogP contribution in [0.3, 0.4) is 0 Å². The van der Waals surface area contributed by atoms with Crippen LogP contribution < -0.4 is 10.1 Å². The zero-order chi connectivity index (χ0) is 14.1. The van der Waals surface area contributed by atoms with Gasteiger partial charge in [0, 0.05) is 13.0 Å². The summed E-state index contributed by atoms with van der Waals surface area (Å²) in [5, 5.41) is 2.78. The Labute approximate surface area is 114 Å². The van der Waals surface area contributed by atoms with Gasteiger partial charge in [0.2, 0.25) is 0 Å². The van der Waals surface area contributed by atoms with E-state index in [-0.39, 0.29) is 18.3 Å². The van der Waals surface area contributed by atoms with E-state index in [0.717, 1.165) is 18.4 Å². The predicted molar refractivity (Wildman–Crippen MR) is 74.2 cm³/mol. The highest BCUT2D eigenvalue weighted by atomic mass is 16.5. The minimum absolute atomic E-state index is 0.0236. The van der Waals surface area contributed by atoms with Crippen LogP contribution in [-0.2, 0) is 16.0 Å². The molecule has 1 N–H and O–H groups in total. The lowest BCUT2D eigenvalue weighted by atomic mass is 10.1. The third-order valence-electron chi connectivity index (χ3n) is 2.60. The molecule has 1 amide bonds. The van der Waals surface area contributed by atoms with Crippen molar-refractivity contribution in [3.05, 3.63) is 29.8 Å². The molecule has 0 spiro atoms. The number of unbranched alkanes of at least 4 members (excludes halogenated alkanes) is 1. The molecule has 19 heavy (non-hydrogen) atoms. The van der Waals surface area contributed by atoms with Crippen molar-refractivity contribution in [1.29, 1.82) is 0 Å². The van der Waals surface area contributed by atoms with Crippen molar-refractivity contribution in [2.24, 2.45) is 0 Å². The molecule has 0 atom stereocenters. The number of carbonyl (C=O) groups excluding carboxylic acids is 2. The number of ketones is 1. The Bertz CT molecular complexity index is 412. The van der Waals surface area contributed by atoms with Crippen molar-refractivity contribution in [2.45, 2.75) is 33.1 Å². The number of ether oxygens (including phenoxy) is 1. The fraction of sp³-hybridized carbons (Fsp3) is 0.467. The Morgan fingerprint density at radius 2 is 1.89 bits per heavy atom. The molecule has 0 aliphatic heterocycles. The molecule has 0 aliphatic carbocycles. The number of amides is 1. The van der Waals surface area contributed by atoms with Gasteiger partial charge in [-0.1, -0.05) is 25.5 Å². The molecule has 0 aromatic heterocycles. The molecule has 104 valence electrons. The molecule has 0 aliphatic rings. The third-order valence-corrected chi connectivity index (χ3v) is 2.60. The molecule has 1 aromatic rings. The number of rotatable bonds is 8. The summed E-state index contributed by atoms with van der Waals surface area (Å²) in [5.74, 6) is 0.656. The Kier molecular flexibility index (Phi) is 6.64. The molecule has 4 nitrogen and oxygen atoms in total. The topological polar surface area (TPSA) is 55.4 Å².